The summed E-state index contributed by atoms with van der Waals surface area (Å²) in [6.45, 7) is 4.07. The number of cyclic esters (lactones) is 1. The van der Waals surface area contributed by atoms with Gasteiger partial charge in [-0.1, -0.05) is 19.4 Å². The zero-order chi connectivity index (χ0) is 14.8. The third kappa shape index (κ3) is 3.30. The van der Waals surface area contributed by atoms with Crippen molar-refractivity contribution in [3.8, 4) is 0 Å². The molecule has 2 bridgehead atoms. The Morgan fingerprint density at radius 3 is 2.76 bits per heavy atom. The Morgan fingerprint density at radius 1 is 1.29 bits per heavy atom. The Bertz CT molecular complexity index is 431. The molecule has 3 fully saturated rings. The van der Waals surface area contributed by atoms with E-state index in [-0.39, 0.29) is 18.0 Å². The lowest BCUT2D eigenvalue weighted by Gasteiger charge is -2.27. The lowest BCUT2D eigenvalue weighted by atomic mass is 9.83. The summed E-state index contributed by atoms with van der Waals surface area (Å²) in [5.41, 5.74) is 0. The molecule has 0 aromatic heterocycles. The van der Waals surface area contributed by atoms with Crippen LogP contribution in [-0.2, 0) is 19.1 Å². The SMILES string of the molecule is C=CC(=O)OC1CC2CC1CC2CCCC1COC(=O)C1. The molecule has 0 amide bonds. The summed E-state index contributed by atoms with van der Waals surface area (Å²) in [6.07, 6.45) is 8.96. The van der Waals surface area contributed by atoms with Crippen LogP contribution in [0.1, 0.15) is 44.9 Å². The van der Waals surface area contributed by atoms with Crippen LogP contribution in [0.3, 0.4) is 0 Å². The summed E-state index contributed by atoms with van der Waals surface area (Å²) in [6, 6.07) is 0. The van der Waals surface area contributed by atoms with Crippen LogP contribution in [0.25, 0.3) is 0 Å². The van der Waals surface area contributed by atoms with E-state index in [1.54, 1.807) is 0 Å². The van der Waals surface area contributed by atoms with Crippen molar-refractivity contribution in [2.75, 3.05) is 6.61 Å². The summed E-state index contributed by atoms with van der Waals surface area (Å²) in [5.74, 6) is 2.19. The summed E-state index contributed by atoms with van der Waals surface area (Å²) < 4.78 is 10.4. The molecule has 3 aliphatic rings. The number of fused-ring (bicyclic) bond motifs is 2. The molecular formula is C17H24O4. The lowest BCUT2D eigenvalue weighted by Crippen LogP contribution is -2.26. The van der Waals surface area contributed by atoms with Gasteiger partial charge in [0.05, 0.1) is 13.0 Å². The van der Waals surface area contributed by atoms with Crippen LogP contribution in [0.15, 0.2) is 12.7 Å². The fraction of sp³-hybridized carbons (Fsp3) is 0.765. The van der Waals surface area contributed by atoms with Gasteiger partial charge in [0, 0.05) is 12.0 Å². The largest absolute Gasteiger partial charge is 0.465 e. The second-order valence-corrected chi connectivity index (χ2v) is 6.85. The van der Waals surface area contributed by atoms with Gasteiger partial charge in [-0.3, -0.25) is 4.79 Å². The molecule has 3 rings (SSSR count). The van der Waals surface area contributed by atoms with E-state index in [0.717, 1.165) is 24.7 Å². The Kier molecular flexibility index (Phi) is 4.32. The Labute approximate surface area is 125 Å². The minimum atomic E-state index is -0.282. The Morgan fingerprint density at radius 2 is 2.14 bits per heavy atom. The molecule has 2 aliphatic carbocycles. The van der Waals surface area contributed by atoms with Crippen LogP contribution < -0.4 is 0 Å². The van der Waals surface area contributed by atoms with Gasteiger partial charge in [-0.15, -0.1) is 0 Å². The first-order valence-corrected chi connectivity index (χ1v) is 8.14. The molecule has 2 saturated carbocycles. The number of carbonyl (C=O) groups is 2. The van der Waals surface area contributed by atoms with Gasteiger partial charge in [-0.2, -0.15) is 0 Å². The molecule has 0 aromatic carbocycles. The van der Waals surface area contributed by atoms with Gasteiger partial charge in [0.15, 0.2) is 0 Å². The van der Waals surface area contributed by atoms with Crippen molar-refractivity contribution < 1.29 is 19.1 Å². The topological polar surface area (TPSA) is 52.6 Å². The van der Waals surface area contributed by atoms with E-state index in [2.05, 4.69) is 6.58 Å². The average molecular weight is 292 g/mol. The maximum atomic E-state index is 11.3. The van der Waals surface area contributed by atoms with E-state index >= 15 is 0 Å². The van der Waals surface area contributed by atoms with E-state index in [9.17, 15) is 9.59 Å². The van der Waals surface area contributed by atoms with Crippen LogP contribution >= 0.6 is 0 Å². The highest BCUT2D eigenvalue weighted by Gasteiger charge is 2.46. The maximum Gasteiger partial charge on any atom is 0.330 e. The first-order valence-electron chi connectivity index (χ1n) is 8.14. The second kappa shape index (κ2) is 6.20. The van der Waals surface area contributed by atoms with Crippen molar-refractivity contribution in [2.24, 2.45) is 23.7 Å². The molecule has 1 aliphatic heterocycles. The lowest BCUT2D eigenvalue weighted by molar-refractivity contribution is -0.145. The van der Waals surface area contributed by atoms with Gasteiger partial charge in [0.2, 0.25) is 0 Å². The van der Waals surface area contributed by atoms with Crippen LogP contribution in [0.5, 0.6) is 0 Å². The van der Waals surface area contributed by atoms with E-state index < -0.39 is 0 Å². The van der Waals surface area contributed by atoms with Crippen molar-refractivity contribution in [1.29, 1.82) is 0 Å². The molecule has 116 valence electrons. The van der Waals surface area contributed by atoms with Crippen LogP contribution in [0, 0.1) is 23.7 Å². The third-order valence-corrected chi connectivity index (χ3v) is 5.50. The van der Waals surface area contributed by atoms with Crippen molar-refractivity contribution in [2.45, 2.75) is 51.0 Å². The Hall–Kier alpha value is -1.32. The molecule has 1 saturated heterocycles. The fourth-order valence-electron chi connectivity index (χ4n) is 4.46. The summed E-state index contributed by atoms with van der Waals surface area (Å²) in [4.78, 5) is 22.3. The van der Waals surface area contributed by atoms with Gasteiger partial charge in [-0.25, -0.2) is 4.79 Å². The predicted octanol–water partition coefficient (Wildman–Crippen LogP) is 2.86. The minimum Gasteiger partial charge on any atom is -0.465 e. The molecule has 4 heteroatoms. The maximum absolute atomic E-state index is 11.3. The molecule has 1 heterocycles. The first kappa shape index (κ1) is 14.6. The molecule has 0 N–H and O–H groups in total. The highest BCUT2D eigenvalue weighted by Crippen LogP contribution is 2.51. The third-order valence-electron chi connectivity index (χ3n) is 5.50. The molecule has 5 unspecified atom stereocenters. The van der Waals surface area contributed by atoms with E-state index in [4.69, 9.17) is 9.47 Å². The van der Waals surface area contributed by atoms with Gasteiger partial charge < -0.3 is 9.47 Å². The zero-order valence-corrected chi connectivity index (χ0v) is 12.5. The summed E-state index contributed by atoms with van der Waals surface area (Å²) in [5, 5.41) is 0. The molecule has 0 aromatic rings. The van der Waals surface area contributed by atoms with Crippen molar-refractivity contribution in [1.82, 2.24) is 0 Å². The average Bonchev–Trinajstić information content (AvgIpc) is 3.15. The highest BCUT2D eigenvalue weighted by molar-refractivity contribution is 5.81. The first-order chi connectivity index (χ1) is 10.2. The molecular weight excluding hydrogens is 268 g/mol. The number of rotatable bonds is 6. The van der Waals surface area contributed by atoms with Crippen LogP contribution in [0.2, 0.25) is 0 Å². The Balaban J connectivity index is 1.37. The monoisotopic (exact) mass is 292 g/mol. The van der Waals surface area contributed by atoms with Gasteiger partial charge in [-0.05, 0) is 43.4 Å². The highest BCUT2D eigenvalue weighted by atomic mass is 16.5. The van der Waals surface area contributed by atoms with Gasteiger partial charge in [0.1, 0.15) is 6.10 Å². The summed E-state index contributed by atoms with van der Waals surface area (Å²) >= 11 is 0. The van der Waals surface area contributed by atoms with Crippen molar-refractivity contribution in [3.05, 3.63) is 12.7 Å². The predicted molar refractivity (Wildman–Crippen MR) is 77.3 cm³/mol. The molecule has 21 heavy (non-hydrogen) atoms. The fourth-order valence-corrected chi connectivity index (χ4v) is 4.46. The van der Waals surface area contributed by atoms with E-state index in [0.29, 0.717) is 24.9 Å². The van der Waals surface area contributed by atoms with Gasteiger partial charge >= 0.3 is 11.9 Å². The molecule has 0 spiro atoms. The number of ether oxygens (including phenoxy) is 2. The number of hydrogen-bond acceptors (Lipinski definition) is 4. The van der Waals surface area contributed by atoms with Crippen LogP contribution in [-0.4, -0.2) is 24.6 Å². The number of carbonyl (C=O) groups excluding carboxylic acids is 2. The minimum absolute atomic E-state index is 0.0354. The van der Waals surface area contributed by atoms with E-state index in [1.165, 1.54) is 31.8 Å². The normalized spacial score (nSPS) is 37.5. The van der Waals surface area contributed by atoms with Crippen LogP contribution in [0.4, 0.5) is 0 Å². The smallest absolute Gasteiger partial charge is 0.330 e. The standard InChI is InChI=1S/C17H24O4/c1-2-16(18)21-15-9-13-8-14(15)7-12(13)5-3-4-11-6-17(19)20-10-11/h2,11-15H,1,3-10H2. The number of esters is 2. The molecule has 0 radical (unpaired) electrons. The number of hydrogen-bond donors (Lipinski definition) is 0. The zero-order valence-electron chi connectivity index (χ0n) is 12.5. The van der Waals surface area contributed by atoms with Crippen molar-refractivity contribution >= 4 is 11.9 Å². The summed E-state index contributed by atoms with van der Waals surface area (Å²) in [7, 11) is 0. The van der Waals surface area contributed by atoms with Crippen molar-refractivity contribution in [3.63, 3.8) is 0 Å². The molecule has 4 nitrogen and oxygen atoms in total. The van der Waals surface area contributed by atoms with Gasteiger partial charge in [0.25, 0.3) is 0 Å². The molecule has 5 atom stereocenters. The quantitative estimate of drug-likeness (QED) is 0.558. The van der Waals surface area contributed by atoms with E-state index in [1.807, 2.05) is 0 Å². The second-order valence-electron chi connectivity index (χ2n) is 6.85.